The van der Waals surface area contributed by atoms with E-state index in [9.17, 15) is 18.0 Å². The first-order valence-corrected chi connectivity index (χ1v) is 9.02. The number of likely N-dealkylation sites (N-methyl/N-ethyl adjacent to an activating group) is 1. The average Bonchev–Trinajstić information content (AvgIpc) is 3.06. The lowest BCUT2D eigenvalue weighted by molar-refractivity contribution is -0.138. The normalized spacial score (nSPS) is 19.8. The third kappa shape index (κ3) is 6.66. The summed E-state index contributed by atoms with van der Waals surface area (Å²) < 4.78 is 38.2. The van der Waals surface area contributed by atoms with E-state index < -0.39 is 11.7 Å². The number of benzene rings is 1. The molecule has 2 atom stereocenters. The van der Waals surface area contributed by atoms with Crippen LogP contribution < -0.4 is 5.73 Å². The van der Waals surface area contributed by atoms with Gasteiger partial charge in [0.2, 0.25) is 5.91 Å². The molecule has 154 valence electrons. The van der Waals surface area contributed by atoms with Gasteiger partial charge in [0.15, 0.2) is 0 Å². The number of amides is 1. The summed E-state index contributed by atoms with van der Waals surface area (Å²) in [6.07, 6.45) is -1.54. The van der Waals surface area contributed by atoms with Gasteiger partial charge in [-0.2, -0.15) is 13.2 Å². The largest absolute Gasteiger partial charge is 0.416 e. The summed E-state index contributed by atoms with van der Waals surface area (Å²) in [6, 6.07) is 5.05. The highest BCUT2D eigenvalue weighted by Gasteiger charge is 2.35. The molecule has 8 heteroatoms. The van der Waals surface area contributed by atoms with Gasteiger partial charge in [0.25, 0.3) is 0 Å². The van der Waals surface area contributed by atoms with Crippen molar-refractivity contribution in [2.24, 2.45) is 17.6 Å². The van der Waals surface area contributed by atoms with Gasteiger partial charge in [-0.15, -0.1) is 12.4 Å². The molecule has 0 unspecified atom stereocenters. The molecule has 0 aromatic heterocycles. The molecule has 0 bridgehead atoms. The molecule has 1 saturated carbocycles. The average molecular weight is 408 g/mol. The zero-order valence-electron chi connectivity index (χ0n) is 15.8. The summed E-state index contributed by atoms with van der Waals surface area (Å²) in [5.74, 6) is 0.202. The molecule has 2 N–H and O–H groups in total. The molecule has 4 nitrogen and oxygen atoms in total. The van der Waals surface area contributed by atoms with Crippen molar-refractivity contribution in [3.05, 3.63) is 35.4 Å². The van der Waals surface area contributed by atoms with Crippen LogP contribution in [0.15, 0.2) is 24.3 Å². The van der Waals surface area contributed by atoms with Crippen LogP contribution in [-0.4, -0.2) is 49.4 Å². The maximum Gasteiger partial charge on any atom is 0.416 e. The van der Waals surface area contributed by atoms with E-state index >= 15 is 0 Å². The van der Waals surface area contributed by atoms with Gasteiger partial charge in [-0.3, -0.25) is 4.79 Å². The molecule has 1 amide bonds. The molecule has 1 fully saturated rings. The number of alkyl halides is 3. The summed E-state index contributed by atoms with van der Waals surface area (Å²) in [5, 5.41) is 0. The fourth-order valence-corrected chi connectivity index (χ4v) is 3.49. The Morgan fingerprint density at radius 2 is 1.78 bits per heavy atom. The second kappa shape index (κ2) is 10.3. The van der Waals surface area contributed by atoms with Crippen LogP contribution in [0.25, 0.3) is 0 Å². The van der Waals surface area contributed by atoms with E-state index in [1.54, 1.807) is 4.90 Å². The molecule has 0 radical (unpaired) electrons. The zero-order valence-corrected chi connectivity index (χ0v) is 16.7. The highest BCUT2D eigenvalue weighted by Crippen LogP contribution is 2.33. The minimum absolute atomic E-state index is 0. The van der Waals surface area contributed by atoms with Crippen molar-refractivity contribution in [2.75, 3.05) is 33.7 Å². The van der Waals surface area contributed by atoms with E-state index in [1.165, 1.54) is 12.1 Å². The van der Waals surface area contributed by atoms with Crippen LogP contribution >= 0.6 is 12.4 Å². The summed E-state index contributed by atoms with van der Waals surface area (Å²) in [7, 11) is 3.86. The van der Waals surface area contributed by atoms with Gasteiger partial charge in [0.1, 0.15) is 0 Å². The lowest BCUT2D eigenvalue weighted by atomic mass is 9.94. The van der Waals surface area contributed by atoms with Gasteiger partial charge in [-0.05, 0) is 57.1 Å². The number of rotatable bonds is 7. The number of carbonyl (C=O) groups is 1. The molecule has 1 aliphatic rings. The predicted octanol–water partition coefficient (Wildman–Crippen LogP) is 3.39. The van der Waals surface area contributed by atoms with Crippen molar-refractivity contribution in [1.29, 1.82) is 0 Å². The molecule has 1 aromatic carbocycles. The number of hydrogen-bond donors (Lipinski definition) is 1. The van der Waals surface area contributed by atoms with Crippen molar-refractivity contribution in [1.82, 2.24) is 9.80 Å². The van der Waals surface area contributed by atoms with Crippen LogP contribution in [0, 0.1) is 11.8 Å². The Balaban J connectivity index is 0.00000364. The van der Waals surface area contributed by atoms with E-state index in [4.69, 9.17) is 5.73 Å². The van der Waals surface area contributed by atoms with Crippen LogP contribution in [0.1, 0.15) is 30.4 Å². The standard InChI is InChI=1S/C19H28F3N3O.ClH/c1-24(2)10-11-25(18(26)17-5-3-4-15(17)12-23)13-14-6-8-16(9-7-14)19(20,21)22;/h6-9,15,17H,3-5,10-13,23H2,1-2H3;1H/t15-,17-;/m1./s1. The second-order valence-corrected chi connectivity index (χ2v) is 7.29. The topological polar surface area (TPSA) is 49.6 Å². The van der Waals surface area contributed by atoms with Crippen molar-refractivity contribution < 1.29 is 18.0 Å². The summed E-state index contributed by atoms with van der Waals surface area (Å²) in [5.41, 5.74) is 5.84. The number of nitrogens with two attached hydrogens (primary N) is 1. The number of hydrogen-bond acceptors (Lipinski definition) is 3. The molecule has 0 spiro atoms. The molecule has 1 aliphatic carbocycles. The fourth-order valence-electron chi connectivity index (χ4n) is 3.49. The molecule has 27 heavy (non-hydrogen) atoms. The van der Waals surface area contributed by atoms with Gasteiger partial charge < -0.3 is 15.5 Å². The number of nitrogens with zero attached hydrogens (tertiary/aromatic N) is 2. The van der Waals surface area contributed by atoms with Gasteiger partial charge >= 0.3 is 6.18 Å². The maximum absolute atomic E-state index is 13.0. The molecule has 0 aliphatic heterocycles. The van der Waals surface area contributed by atoms with E-state index in [1.807, 2.05) is 19.0 Å². The van der Waals surface area contributed by atoms with Crippen molar-refractivity contribution in [3.8, 4) is 0 Å². The van der Waals surface area contributed by atoms with E-state index in [0.29, 0.717) is 31.7 Å². The van der Waals surface area contributed by atoms with E-state index in [-0.39, 0.29) is 30.2 Å². The summed E-state index contributed by atoms with van der Waals surface area (Å²) >= 11 is 0. The van der Waals surface area contributed by atoms with Crippen LogP contribution in [-0.2, 0) is 17.5 Å². The highest BCUT2D eigenvalue weighted by molar-refractivity contribution is 5.85. The van der Waals surface area contributed by atoms with Gasteiger partial charge in [0.05, 0.1) is 5.56 Å². The maximum atomic E-state index is 13.0. The smallest absolute Gasteiger partial charge is 0.337 e. The van der Waals surface area contributed by atoms with Gasteiger partial charge in [-0.25, -0.2) is 0 Å². The van der Waals surface area contributed by atoms with Gasteiger partial charge in [-0.1, -0.05) is 18.6 Å². The van der Waals surface area contributed by atoms with Crippen molar-refractivity contribution in [3.63, 3.8) is 0 Å². The Hall–Kier alpha value is -1.31. The van der Waals surface area contributed by atoms with E-state index in [0.717, 1.165) is 31.4 Å². The Labute approximate surface area is 165 Å². The minimum atomic E-state index is -4.35. The molecule has 1 aromatic rings. The number of halogens is 4. The first kappa shape index (κ1) is 23.7. The van der Waals surface area contributed by atoms with Crippen LogP contribution in [0.4, 0.5) is 13.2 Å². The summed E-state index contributed by atoms with van der Waals surface area (Å²) in [4.78, 5) is 16.8. The predicted molar refractivity (Wildman–Crippen MR) is 103 cm³/mol. The molecule has 0 saturated heterocycles. The molecule has 2 rings (SSSR count). The monoisotopic (exact) mass is 407 g/mol. The van der Waals surface area contributed by atoms with E-state index in [2.05, 4.69) is 0 Å². The van der Waals surface area contributed by atoms with Crippen molar-refractivity contribution >= 4 is 18.3 Å². The quantitative estimate of drug-likeness (QED) is 0.753. The highest BCUT2D eigenvalue weighted by atomic mass is 35.5. The zero-order chi connectivity index (χ0) is 19.3. The van der Waals surface area contributed by atoms with Crippen LogP contribution in [0.5, 0.6) is 0 Å². The Morgan fingerprint density at radius 3 is 2.30 bits per heavy atom. The minimum Gasteiger partial charge on any atom is -0.337 e. The first-order valence-electron chi connectivity index (χ1n) is 9.02. The van der Waals surface area contributed by atoms with Crippen LogP contribution in [0.3, 0.4) is 0 Å². The fraction of sp³-hybridized carbons (Fsp3) is 0.632. The first-order chi connectivity index (χ1) is 12.2. The third-order valence-corrected chi connectivity index (χ3v) is 5.06. The molecule has 0 heterocycles. The Bertz CT molecular complexity index is 593. The molecular weight excluding hydrogens is 379 g/mol. The number of carbonyl (C=O) groups excluding carboxylic acids is 1. The molecular formula is C19H29ClF3N3O. The van der Waals surface area contributed by atoms with Gasteiger partial charge in [0, 0.05) is 25.6 Å². The second-order valence-electron chi connectivity index (χ2n) is 7.29. The summed E-state index contributed by atoms with van der Waals surface area (Å²) in [6.45, 7) is 2.06. The Kier molecular flexibility index (Phi) is 9.05. The SMILES string of the molecule is CN(C)CCN(Cc1ccc(C(F)(F)F)cc1)C(=O)[C@@H]1CCC[C@@H]1CN.Cl. The van der Waals surface area contributed by atoms with Crippen LogP contribution in [0.2, 0.25) is 0 Å². The lowest BCUT2D eigenvalue weighted by Gasteiger charge is -2.29. The lowest BCUT2D eigenvalue weighted by Crippen LogP contribution is -2.41. The van der Waals surface area contributed by atoms with Crippen molar-refractivity contribution in [2.45, 2.75) is 32.0 Å². The Morgan fingerprint density at radius 1 is 1.15 bits per heavy atom. The third-order valence-electron chi connectivity index (χ3n) is 5.06.